The number of hydrogen-bond acceptors (Lipinski definition) is 5. The van der Waals surface area contributed by atoms with E-state index < -0.39 is 5.97 Å². The number of carboxylic acids is 1. The lowest BCUT2D eigenvalue weighted by molar-refractivity contribution is -0.132. The topological polar surface area (TPSA) is 84.9 Å². The molecule has 0 heterocycles. The van der Waals surface area contributed by atoms with E-state index in [-0.39, 0.29) is 17.9 Å². The molecule has 6 heteroatoms. The summed E-state index contributed by atoms with van der Waals surface area (Å²) in [6.45, 7) is 5.04. The van der Waals surface area contributed by atoms with Crippen molar-refractivity contribution in [1.82, 2.24) is 5.32 Å². The van der Waals surface area contributed by atoms with Gasteiger partial charge in [0.2, 0.25) is 0 Å². The Kier molecular flexibility index (Phi) is 9.83. The number of carbonyl (C=O) groups is 2. The molecule has 0 fully saturated rings. The van der Waals surface area contributed by atoms with Crippen LogP contribution in [0, 0.1) is 0 Å². The lowest BCUT2D eigenvalue weighted by Crippen LogP contribution is -2.22. The summed E-state index contributed by atoms with van der Waals surface area (Å²) in [5.74, 6) is 0.504. The average Bonchev–Trinajstić information content (AvgIpc) is 2.89. The SMILES string of the molecule is CCCCOc1cc(/C=C(\C)C(=O)O)ccc1-c1cccc(CNCC(=O)c2ccc(OC)cc2)c1. The molecule has 0 amide bonds. The maximum atomic E-state index is 12.5. The standard InChI is InChI=1S/C30H33NO5/c1-4-5-15-36-29-18-22(16-21(2)30(33)34)9-14-27(29)25-8-6-7-23(17-25)19-31-20-28(32)24-10-12-26(35-3)13-11-24/h6-14,16-18,31H,4-5,15,19-20H2,1-3H3,(H,33,34)/b21-16+. The summed E-state index contributed by atoms with van der Waals surface area (Å²) in [4.78, 5) is 23.7. The van der Waals surface area contributed by atoms with E-state index in [1.54, 1.807) is 44.4 Å². The van der Waals surface area contributed by atoms with Crippen LogP contribution in [0.2, 0.25) is 0 Å². The first kappa shape index (κ1) is 26.7. The summed E-state index contributed by atoms with van der Waals surface area (Å²) < 4.78 is 11.2. The Morgan fingerprint density at radius 2 is 1.81 bits per heavy atom. The van der Waals surface area contributed by atoms with Gasteiger partial charge in [-0.3, -0.25) is 4.79 Å². The minimum Gasteiger partial charge on any atom is -0.497 e. The minimum atomic E-state index is -0.946. The summed E-state index contributed by atoms with van der Waals surface area (Å²) in [6.07, 6.45) is 3.59. The zero-order chi connectivity index (χ0) is 25.9. The van der Waals surface area contributed by atoms with Gasteiger partial charge in [-0.1, -0.05) is 43.7 Å². The average molecular weight is 488 g/mol. The zero-order valence-electron chi connectivity index (χ0n) is 21.0. The molecular weight excluding hydrogens is 454 g/mol. The number of methoxy groups -OCH3 is 1. The number of ketones is 1. The van der Waals surface area contributed by atoms with Gasteiger partial charge in [-0.05, 0) is 72.5 Å². The number of rotatable bonds is 13. The molecule has 0 saturated carbocycles. The highest BCUT2D eigenvalue weighted by atomic mass is 16.5. The predicted molar refractivity (Wildman–Crippen MR) is 143 cm³/mol. The van der Waals surface area contributed by atoms with Gasteiger partial charge in [0.15, 0.2) is 5.78 Å². The first-order valence-electron chi connectivity index (χ1n) is 12.1. The van der Waals surface area contributed by atoms with Crippen LogP contribution in [0.4, 0.5) is 0 Å². The fourth-order valence-electron chi connectivity index (χ4n) is 3.67. The Balaban J connectivity index is 1.74. The van der Waals surface area contributed by atoms with Gasteiger partial charge in [-0.2, -0.15) is 0 Å². The van der Waals surface area contributed by atoms with Crippen molar-refractivity contribution in [2.75, 3.05) is 20.3 Å². The summed E-state index contributed by atoms with van der Waals surface area (Å²) in [5.41, 5.74) is 4.65. The van der Waals surface area contributed by atoms with Gasteiger partial charge in [0.1, 0.15) is 11.5 Å². The summed E-state index contributed by atoms with van der Waals surface area (Å²) in [5, 5.41) is 12.4. The molecule has 0 aromatic heterocycles. The molecule has 0 atom stereocenters. The van der Waals surface area contributed by atoms with Crippen LogP contribution in [0.15, 0.2) is 72.3 Å². The molecule has 2 N–H and O–H groups in total. The zero-order valence-corrected chi connectivity index (χ0v) is 21.0. The quantitative estimate of drug-likeness (QED) is 0.175. The smallest absolute Gasteiger partial charge is 0.331 e. The van der Waals surface area contributed by atoms with Crippen LogP contribution in [-0.2, 0) is 11.3 Å². The number of ether oxygens (including phenoxy) is 2. The van der Waals surface area contributed by atoms with Gasteiger partial charge in [-0.15, -0.1) is 0 Å². The van der Waals surface area contributed by atoms with Crippen LogP contribution in [0.5, 0.6) is 11.5 Å². The number of unbranched alkanes of at least 4 members (excludes halogenated alkanes) is 1. The van der Waals surface area contributed by atoms with Gasteiger partial charge in [0.05, 0.1) is 20.3 Å². The second kappa shape index (κ2) is 13.3. The van der Waals surface area contributed by atoms with E-state index in [0.29, 0.717) is 18.7 Å². The molecule has 36 heavy (non-hydrogen) atoms. The number of hydrogen-bond donors (Lipinski definition) is 2. The van der Waals surface area contributed by atoms with Crippen molar-refractivity contribution in [2.24, 2.45) is 0 Å². The monoisotopic (exact) mass is 487 g/mol. The molecule has 6 nitrogen and oxygen atoms in total. The maximum absolute atomic E-state index is 12.5. The molecule has 0 aliphatic rings. The molecule has 0 spiro atoms. The van der Waals surface area contributed by atoms with Gasteiger partial charge in [0, 0.05) is 23.2 Å². The highest BCUT2D eigenvalue weighted by Crippen LogP contribution is 2.32. The van der Waals surface area contributed by atoms with E-state index in [4.69, 9.17) is 9.47 Å². The van der Waals surface area contributed by atoms with E-state index in [1.165, 1.54) is 0 Å². The molecule has 3 rings (SSSR count). The number of nitrogens with one attached hydrogen (secondary N) is 1. The summed E-state index contributed by atoms with van der Waals surface area (Å²) in [7, 11) is 1.60. The highest BCUT2D eigenvalue weighted by Gasteiger charge is 2.10. The number of aliphatic carboxylic acids is 1. The van der Waals surface area contributed by atoms with Crippen molar-refractivity contribution >= 4 is 17.8 Å². The third-order valence-electron chi connectivity index (χ3n) is 5.75. The molecule has 0 saturated heterocycles. The van der Waals surface area contributed by atoms with Crippen LogP contribution < -0.4 is 14.8 Å². The first-order chi connectivity index (χ1) is 17.4. The van der Waals surface area contributed by atoms with Crippen LogP contribution >= 0.6 is 0 Å². The van der Waals surface area contributed by atoms with Crippen LogP contribution in [0.1, 0.15) is 48.2 Å². The Morgan fingerprint density at radius 3 is 2.50 bits per heavy atom. The molecule has 0 unspecified atom stereocenters. The fraction of sp³-hybridized carbons (Fsp3) is 0.267. The number of carbonyl (C=O) groups excluding carboxylic acids is 1. The van der Waals surface area contributed by atoms with E-state index in [0.717, 1.165) is 46.6 Å². The fourth-order valence-corrected chi connectivity index (χ4v) is 3.67. The second-order valence-corrected chi connectivity index (χ2v) is 8.55. The van der Waals surface area contributed by atoms with Gasteiger partial charge < -0.3 is 19.9 Å². The minimum absolute atomic E-state index is 0.0146. The summed E-state index contributed by atoms with van der Waals surface area (Å²) >= 11 is 0. The Morgan fingerprint density at radius 1 is 1.03 bits per heavy atom. The number of carboxylic acid groups (broad SMARTS) is 1. The Bertz CT molecular complexity index is 1210. The van der Waals surface area contributed by atoms with Crippen molar-refractivity contribution in [3.63, 3.8) is 0 Å². The van der Waals surface area contributed by atoms with Crippen molar-refractivity contribution in [1.29, 1.82) is 0 Å². The van der Waals surface area contributed by atoms with Crippen molar-refractivity contribution in [3.8, 4) is 22.6 Å². The largest absolute Gasteiger partial charge is 0.497 e. The van der Waals surface area contributed by atoms with Crippen LogP contribution in [0.25, 0.3) is 17.2 Å². The van der Waals surface area contributed by atoms with Crippen molar-refractivity contribution in [2.45, 2.75) is 33.2 Å². The second-order valence-electron chi connectivity index (χ2n) is 8.55. The molecule has 0 radical (unpaired) electrons. The van der Waals surface area contributed by atoms with E-state index in [2.05, 4.69) is 18.3 Å². The lowest BCUT2D eigenvalue weighted by atomic mass is 9.99. The number of benzene rings is 3. The predicted octanol–water partition coefficient (Wildman–Crippen LogP) is 6.00. The molecule has 3 aromatic carbocycles. The molecule has 0 bridgehead atoms. The molecular formula is C30H33NO5. The molecule has 0 aliphatic carbocycles. The highest BCUT2D eigenvalue weighted by molar-refractivity contribution is 5.97. The molecule has 0 aliphatic heterocycles. The van der Waals surface area contributed by atoms with Crippen molar-refractivity contribution in [3.05, 3.63) is 89.0 Å². The van der Waals surface area contributed by atoms with E-state index in [9.17, 15) is 14.7 Å². The Labute approximate surface area is 212 Å². The van der Waals surface area contributed by atoms with Gasteiger partial charge in [-0.25, -0.2) is 4.79 Å². The molecule has 3 aromatic rings. The van der Waals surface area contributed by atoms with Gasteiger partial charge >= 0.3 is 5.97 Å². The first-order valence-corrected chi connectivity index (χ1v) is 12.1. The third-order valence-corrected chi connectivity index (χ3v) is 5.75. The van der Waals surface area contributed by atoms with Crippen LogP contribution in [-0.4, -0.2) is 37.1 Å². The maximum Gasteiger partial charge on any atom is 0.331 e. The van der Waals surface area contributed by atoms with Crippen LogP contribution in [0.3, 0.4) is 0 Å². The van der Waals surface area contributed by atoms with Gasteiger partial charge in [0.25, 0.3) is 0 Å². The lowest BCUT2D eigenvalue weighted by Gasteiger charge is -2.14. The number of Topliss-reactive ketones (excluding diaryl/α,β-unsaturated/α-hetero) is 1. The normalized spacial score (nSPS) is 11.2. The Hall–Kier alpha value is -3.90. The third kappa shape index (κ3) is 7.55. The van der Waals surface area contributed by atoms with Crippen molar-refractivity contribution < 1.29 is 24.2 Å². The van der Waals surface area contributed by atoms with E-state index in [1.807, 2.05) is 36.4 Å². The summed E-state index contributed by atoms with van der Waals surface area (Å²) in [6, 6.07) is 20.9. The molecule has 188 valence electrons. The van der Waals surface area contributed by atoms with E-state index >= 15 is 0 Å².